The molecule has 18 heavy (non-hydrogen) atoms. The largest absolute Gasteiger partial charge is 0.329 e. The fourth-order valence-electron chi connectivity index (χ4n) is 4.05. The molecule has 2 heteroatoms. The number of carbonyl (C=O) groups is 1. The van der Waals surface area contributed by atoms with Crippen molar-refractivity contribution in [3.8, 4) is 0 Å². The first-order valence-corrected chi connectivity index (χ1v) is 7.96. The van der Waals surface area contributed by atoms with Crippen LogP contribution in [0.3, 0.4) is 0 Å². The lowest BCUT2D eigenvalue weighted by Crippen LogP contribution is -2.44. The Hall–Kier alpha value is -0.370. The van der Waals surface area contributed by atoms with E-state index in [9.17, 15) is 4.79 Å². The maximum Gasteiger partial charge on any atom is 0.143 e. The molecule has 0 atom stereocenters. The second kappa shape index (κ2) is 6.18. The standard InChI is InChI=1S/C16H29NO/c1-2-13-6-8-14(9-7-13)15(18)16(12-17)10-4-3-5-11-16/h13-14H,2-12,17H2,1H3. The molecule has 2 N–H and O–H groups in total. The van der Waals surface area contributed by atoms with E-state index < -0.39 is 0 Å². The van der Waals surface area contributed by atoms with Gasteiger partial charge in [-0.2, -0.15) is 0 Å². The minimum Gasteiger partial charge on any atom is -0.329 e. The molecule has 0 aliphatic heterocycles. The smallest absolute Gasteiger partial charge is 0.143 e. The first kappa shape index (κ1) is 14.0. The van der Waals surface area contributed by atoms with Crippen LogP contribution >= 0.6 is 0 Å². The summed E-state index contributed by atoms with van der Waals surface area (Å²) in [7, 11) is 0. The SMILES string of the molecule is CCC1CCC(C(=O)C2(CN)CCCCC2)CC1. The van der Waals surface area contributed by atoms with E-state index in [1.54, 1.807) is 0 Å². The minimum absolute atomic E-state index is 0.137. The van der Waals surface area contributed by atoms with Crippen LogP contribution < -0.4 is 5.73 Å². The van der Waals surface area contributed by atoms with Gasteiger partial charge in [-0.15, -0.1) is 0 Å². The second-order valence-corrected chi connectivity index (χ2v) is 6.54. The van der Waals surface area contributed by atoms with Gasteiger partial charge in [-0.05, 0) is 44.4 Å². The van der Waals surface area contributed by atoms with Gasteiger partial charge >= 0.3 is 0 Å². The van der Waals surface area contributed by atoms with Crippen LogP contribution in [0.25, 0.3) is 0 Å². The van der Waals surface area contributed by atoms with E-state index in [2.05, 4.69) is 6.92 Å². The van der Waals surface area contributed by atoms with Crippen molar-refractivity contribution < 1.29 is 4.79 Å². The number of rotatable bonds is 4. The molecule has 0 unspecified atom stereocenters. The Morgan fingerprint density at radius 1 is 1.11 bits per heavy atom. The van der Waals surface area contributed by atoms with Crippen molar-refractivity contribution in [2.75, 3.05) is 6.54 Å². The molecule has 2 aliphatic rings. The predicted molar refractivity (Wildman–Crippen MR) is 75.3 cm³/mol. The molecule has 0 heterocycles. The van der Waals surface area contributed by atoms with Crippen molar-refractivity contribution in [1.82, 2.24) is 0 Å². The van der Waals surface area contributed by atoms with Crippen LogP contribution in [0.4, 0.5) is 0 Å². The summed E-state index contributed by atoms with van der Waals surface area (Å²) in [4.78, 5) is 12.8. The molecule has 0 aromatic carbocycles. The highest BCUT2D eigenvalue weighted by atomic mass is 16.1. The summed E-state index contributed by atoms with van der Waals surface area (Å²) >= 11 is 0. The normalized spacial score (nSPS) is 32.1. The molecule has 0 radical (unpaired) electrons. The molecule has 0 aromatic rings. The Labute approximate surface area is 112 Å². The highest BCUT2D eigenvalue weighted by Gasteiger charge is 2.42. The van der Waals surface area contributed by atoms with E-state index in [-0.39, 0.29) is 5.41 Å². The van der Waals surface area contributed by atoms with E-state index >= 15 is 0 Å². The van der Waals surface area contributed by atoms with E-state index in [1.807, 2.05) is 0 Å². The Kier molecular flexibility index (Phi) is 4.83. The fourth-order valence-corrected chi connectivity index (χ4v) is 4.05. The molecule has 2 nitrogen and oxygen atoms in total. The van der Waals surface area contributed by atoms with Gasteiger partial charge in [0.25, 0.3) is 0 Å². The van der Waals surface area contributed by atoms with E-state index in [4.69, 9.17) is 5.73 Å². The molecule has 0 bridgehead atoms. The zero-order valence-corrected chi connectivity index (χ0v) is 11.9. The molecule has 2 saturated carbocycles. The molecule has 2 aliphatic carbocycles. The summed E-state index contributed by atoms with van der Waals surface area (Å²) in [6.45, 7) is 2.86. The summed E-state index contributed by atoms with van der Waals surface area (Å²) in [6, 6.07) is 0. The Morgan fingerprint density at radius 2 is 1.72 bits per heavy atom. The highest BCUT2D eigenvalue weighted by Crippen LogP contribution is 2.42. The summed E-state index contributed by atoms with van der Waals surface area (Å²) in [5, 5.41) is 0. The third-order valence-corrected chi connectivity index (χ3v) is 5.52. The van der Waals surface area contributed by atoms with E-state index in [0.717, 1.165) is 31.6 Å². The van der Waals surface area contributed by atoms with Gasteiger partial charge in [-0.1, -0.05) is 32.6 Å². The van der Waals surface area contributed by atoms with Crippen LogP contribution in [0, 0.1) is 17.3 Å². The van der Waals surface area contributed by atoms with Gasteiger partial charge in [-0.3, -0.25) is 4.79 Å². The molecule has 2 rings (SSSR count). The molecule has 104 valence electrons. The third-order valence-electron chi connectivity index (χ3n) is 5.52. The summed E-state index contributed by atoms with van der Waals surface area (Å²) < 4.78 is 0. The van der Waals surface area contributed by atoms with Crippen LogP contribution in [0.5, 0.6) is 0 Å². The van der Waals surface area contributed by atoms with Gasteiger partial charge in [0.1, 0.15) is 5.78 Å². The van der Waals surface area contributed by atoms with Crippen molar-refractivity contribution in [1.29, 1.82) is 0 Å². The van der Waals surface area contributed by atoms with Gasteiger partial charge in [0, 0.05) is 17.9 Å². The number of hydrogen-bond donors (Lipinski definition) is 1. The van der Waals surface area contributed by atoms with Crippen LogP contribution in [0.2, 0.25) is 0 Å². The summed E-state index contributed by atoms with van der Waals surface area (Å²) in [6.07, 6.45) is 11.8. The lowest BCUT2D eigenvalue weighted by Gasteiger charge is -2.39. The lowest BCUT2D eigenvalue weighted by atomic mass is 9.65. The quantitative estimate of drug-likeness (QED) is 0.828. The Balaban J connectivity index is 1.97. The van der Waals surface area contributed by atoms with Crippen LogP contribution in [0.1, 0.15) is 71.1 Å². The van der Waals surface area contributed by atoms with Crippen molar-refractivity contribution in [2.45, 2.75) is 71.1 Å². The van der Waals surface area contributed by atoms with Gasteiger partial charge < -0.3 is 5.73 Å². The number of Topliss-reactive ketones (excluding diaryl/α,β-unsaturated/α-hetero) is 1. The lowest BCUT2D eigenvalue weighted by molar-refractivity contribution is -0.135. The summed E-state index contributed by atoms with van der Waals surface area (Å²) in [5.41, 5.74) is 5.84. The van der Waals surface area contributed by atoms with Gasteiger partial charge in [0.15, 0.2) is 0 Å². The number of nitrogens with two attached hydrogens (primary N) is 1. The van der Waals surface area contributed by atoms with E-state index in [1.165, 1.54) is 38.5 Å². The average Bonchev–Trinajstić information content (AvgIpc) is 2.47. The fraction of sp³-hybridized carbons (Fsp3) is 0.938. The van der Waals surface area contributed by atoms with E-state index in [0.29, 0.717) is 18.2 Å². The van der Waals surface area contributed by atoms with Crippen molar-refractivity contribution in [3.05, 3.63) is 0 Å². The zero-order valence-electron chi connectivity index (χ0n) is 11.9. The van der Waals surface area contributed by atoms with Crippen LogP contribution in [-0.2, 0) is 4.79 Å². The molecule has 0 spiro atoms. The minimum atomic E-state index is -0.137. The first-order chi connectivity index (χ1) is 8.72. The number of ketones is 1. The van der Waals surface area contributed by atoms with Crippen molar-refractivity contribution >= 4 is 5.78 Å². The number of carbonyl (C=O) groups excluding carboxylic acids is 1. The Bertz CT molecular complexity index is 273. The summed E-state index contributed by atoms with van der Waals surface area (Å²) in [5.74, 6) is 1.72. The van der Waals surface area contributed by atoms with Gasteiger partial charge in [-0.25, -0.2) is 0 Å². The molecule has 0 aromatic heterocycles. The molecule has 2 fully saturated rings. The second-order valence-electron chi connectivity index (χ2n) is 6.54. The molecular formula is C16H29NO. The molecule has 0 saturated heterocycles. The van der Waals surface area contributed by atoms with Crippen LogP contribution in [-0.4, -0.2) is 12.3 Å². The van der Waals surface area contributed by atoms with Gasteiger partial charge in [0.05, 0.1) is 0 Å². The Morgan fingerprint density at radius 3 is 2.22 bits per heavy atom. The number of hydrogen-bond acceptors (Lipinski definition) is 2. The monoisotopic (exact) mass is 251 g/mol. The first-order valence-electron chi connectivity index (χ1n) is 7.96. The maximum absolute atomic E-state index is 12.8. The third kappa shape index (κ3) is 2.79. The highest BCUT2D eigenvalue weighted by molar-refractivity contribution is 5.87. The predicted octanol–water partition coefficient (Wildman–Crippen LogP) is 3.68. The average molecular weight is 251 g/mol. The molecule has 0 amide bonds. The maximum atomic E-state index is 12.8. The van der Waals surface area contributed by atoms with Crippen molar-refractivity contribution in [3.63, 3.8) is 0 Å². The van der Waals surface area contributed by atoms with Crippen LogP contribution in [0.15, 0.2) is 0 Å². The molecular weight excluding hydrogens is 222 g/mol. The zero-order chi connectivity index (χ0) is 13.0. The van der Waals surface area contributed by atoms with Crippen molar-refractivity contribution in [2.24, 2.45) is 23.0 Å². The van der Waals surface area contributed by atoms with Gasteiger partial charge in [0.2, 0.25) is 0 Å². The topological polar surface area (TPSA) is 43.1 Å².